The molecule has 0 atom stereocenters. The van der Waals surface area contributed by atoms with Crippen LogP contribution < -0.4 is 5.32 Å². The lowest BCUT2D eigenvalue weighted by molar-refractivity contribution is -0.117. The predicted molar refractivity (Wildman–Crippen MR) is 102 cm³/mol. The van der Waals surface area contributed by atoms with Gasteiger partial charge in [-0.2, -0.15) is 4.31 Å². The lowest BCUT2D eigenvalue weighted by atomic mass is 10.3. The first-order valence-corrected chi connectivity index (χ1v) is 10.2. The van der Waals surface area contributed by atoms with Crippen molar-refractivity contribution >= 4 is 33.2 Å². The van der Waals surface area contributed by atoms with Crippen LogP contribution in [0.25, 0.3) is 0 Å². The van der Waals surface area contributed by atoms with Crippen molar-refractivity contribution < 1.29 is 17.6 Å². The minimum absolute atomic E-state index is 0.0257. The first kappa shape index (κ1) is 19.8. The van der Waals surface area contributed by atoms with Crippen LogP contribution in [0.1, 0.15) is 0 Å². The van der Waals surface area contributed by atoms with Gasteiger partial charge in [0.15, 0.2) is 0 Å². The summed E-state index contributed by atoms with van der Waals surface area (Å²) in [6.45, 7) is 1.45. The smallest absolute Gasteiger partial charge is 0.243 e. The maximum Gasteiger partial charge on any atom is 0.243 e. The Morgan fingerprint density at radius 3 is 2.41 bits per heavy atom. The minimum atomic E-state index is -3.53. The van der Waals surface area contributed by atoms with Crippen LogP contribution in [0, 0.1) is 5.82 Å². The summed E-state index contributed by atoms with van der Waals surface area (Å²) in [6.07, 6.45) is 0. The Bertz CT molecular complexity index is 917. The number of rotatable bonds is 5. The third-order valence-corrected chi connectivity index (χ3v) is 6.43. The van der Waals surface area contributed by atoms with E-state index in [2.05, 4.69) is 5.32 Å². The Balaban J connectivity index is 1.55. The van der Waals surface area contributed by atoms with Gasteiger partial charge in [-0.3, -0.25) is 9.69 Å². The van der Waals surface area contributed by atoms with Gasteiger partial charge in [-0.15, -0.1) is 0 Å². The first-order chi connectivity index (χ1) is 12.9. The molecule has 1 aliphatic heterocycles. The third kappa shape index (κ3) is 4.84. The van der Waals surface area contributed by atoms with E-state index >= 15 is 0 Å². The normalized spacial score (nSPS) is 16.2. The molecule has 0 unspecified atom stereocenters. The first-order valence-electron chi connectivity index (χ1n) is 8.39. The van der Waals surface area contributed by atoms with Gasteiger partial charge in [0.1, 0.15) is 5.82 Å². The summed E-state index contributed by atoms with van der Waals surface area (Å²) in [6, 6.07) is 12.2. The Morgan fingerprint density at radius 2 is 1.74 bits per heavy atom. The van der Waals surface area contributed by atoms with E-state index in [1.54, 1.807) is 30.3 Å². The predicted octanol–water partition coefficient (Wildman–Crippen LogP) is 2.42. The highest BCUT2D eigenvalue weighted by Crippen LogP contribution is 2.20. The van der Waals surface area contributed by atoms with E-state index in [4.69, 9.17) is 11.6 Å². The highest BCUT2D eigenvalue weighted by Gasteiger charge is 2.28. The molecule has 2 aromatic carbocycles. The van der Waals surface area contributed by atoms with Gasteiger partial charge in [0, 0.05) is 31.2 Å². The molecule has 1 heterocycles. The van der Waals surface area contributed by atoms with Crippen LogP contribution in [0.5, 0.6) is 0 Å². The Labute approximate surface area is 162 Å². The molecule has 0 radical (unpaired) electrons. The molecule has 0 aliphatic carbocycles. The van der Waals surface area contributed by atoms with E-state index in [1.807, 2.05) is 4.90 Å². The fraction of sp³-hybridized carbons (Fsp3) is 0.278. The molecule has 144 valence electrons. The van der Waals surface area contributed by atoms with E-state index in [1.165, 1.54) is 22.5 Å². The van der Waals surface area contributed by atoms with Gasteiger partial charge in [-0.1, -0.05) is 29.8 Å². The van der Waals surface area contributed by atoms with Crippen LogP contribution in [0.15, 0.2) is 53.4 Å². The highest BCUT2D eigenvalue weighted by atomic mass is 35.5. The molecule has 0 saturated carbocycles. The van der Waals surface area contributed by atoms with Crippen LogP contribution >= 0.6 is 11.6 Å². The third-order valence-electron chi connectivity index (χ3n) is 4.28. The van der Waals surface area contributed by atoms with Crippen molar-refractivity contribution in [2.45, 2.75) is 4.90 Å². The van der Waals surface area contributed by atoms with E-state index in [-0.39, 0.29) is 36.1 Å². The van der Waals surface area contributed by atoms with Crippen LogP contribution in [0.4, 0.5) is 10.1 Å². The van der Waals surface area contributed by atoms with E-state index in [0.717, 1.165) is 0 Å². The zero-order valence-corrected chi connectivity index (χ0v) is 16.0. The summed E-state index contributed by atoms with van der Waals surface area (Å²) in [4.78, 5) is 14.2. The van der Waals surface area contributed by atoms with E-state index in [0.29, 0.717) is 18.1 Å². The standard InChI is InChI=1S/C18H19ClFN3O3S/c19-14-6-7-16(20)17(12-14)21-18(24)13-22-8-10-23(11-9-22)27(25,26)15-4-2-1-3-5-15/h1-7,12H,8-11,13H2,(H,21,24). The van der Waals surface area contributed by atoms with Crippen LogP contribution in [0.3, 0.4) is 0 Å². The van der Waals surface area contributed by atoms with Crippen molar-refractivity contribution in [1.82, 2.24) is 9.21 Å². The topological polar surface area (TPSA) is 69.7 Å². The molecule has 9 heteroatoms. The minimum Gasteiger partial charge on any atom is -0.322 e. The second-order valence-electron chi connectivity index (χ2n) is 6.17. The number of halogens is 2. The fourth-order valence-corrected chi connectivity index (χ4v) is 4.47. The molecule has 1 saturated heterocycles. The number of nitrogens with one attached hydrogen (secondary N) is 1. The van der Waals surface area contributed by atoms with Gasteiger partial charge < -0.3 is 5.32 Å². The lowest BCUT2D eigenvalue weighted by Crippen LogP contribution is -2.50. The number of amides is 1. The number of benzene rings is 2. The molecule has 2 aromatic rings. The van der Waals surface area contributed by atoms with Gasteiger partial charge in [0.05, 0.1) is 17.1 Å². The zero-order valence-electron chi connectivity index (χ0n) is 14.4. The van der Waals surface area contributed by atoms with Crippen LogP contribution in [-0.2, 0) is 14.8 Å². The summed E-state index contributed by atoms with van der Waals surface area (Å²) in [5, 5.41) is 2.82. The molecule has 3 rings (SSSR count). The Hall–Kier alpha value is -2.00. The Kier molecular flexibility index (Phi) is 6.11. The van der Waals surface area contributed by atoms with Crippen LogP contribution in [-0.4, -0.2) is 56.3 Å². The quantitative estimate of drug-likeness (QED) is 0.820. The Morgan fingerprint density at radius 1 is 1.07 bits per heavy atom. The molecule has 1 fully saturated rings. The number of nitrogens with zero attached hydrogens (tertiary/aromatic N) is 2. The number of piperazine rings is 1. The number of hydrogen-bond donors (Lipinski definition) is 1. The van der Waals surface area contributed by atoms with Gasteiger partial charge in [-0.25, -0.2) is 12.8 Å². The molecule has 1 aliphatic rings. The second-order valence-corrected chi connectivity index (χ2v) is 8.54. The number of anilines is 1. The molecule has 0 spiro atoms. The number of carbonyl (C=O) groups is 1. The average molecular weight is 412 g/mol. The molecular formula is C18H19ClFN3O3S. The molecule has 1 N–H and O–H groups in total. The van der Waals surface area contributed by atoms with E-state index < -0.39 is 15.8 Å². The van der Waals surface area contributed by atoms with Crippen LogP contribution in [0.2, 0.25) is 5.02 Å². The molecule has 27 heavy (non-hydrogen) atoms. The highest BCUT2D eigenvalue weighted by molar-refractivity contribution is 7.89. The lowest BCUT2D eigenvalue weighted by Gasteiger charge is -2.33. The van der Waals surface area contributed by atoms with E-state index in [9.17, 15) is 17.6 Å². The van der Waals surface area contributed by atoms with Crippen molar-refractivity contribution in [3.8, 4) is 0 Å². The summed E-state index contributed by atoms with van der Waals surface area (Å²) < 4.78 is 40.3. The van der Waals surface area contributed by atoms with Crippen molar-refractivity contribution in [2.75, 3.05) is 38.0 Å². The number of sulfonamides is 1. The fourth-order valence-electron chi connectivity index (χ4n) is 2.86. The van der Waals surface area contributed by atoms with Gasteiger partial charge in [-0.05, 0) is 30.3 Å². The maximum absolute atomic E-state index is 13.7. The average Bonchev–Trinajstić information content (AvgIpc) is 2.66. The second kappa shape index (κ2) is 8.35. The summed E-state index contributed by atoms with van der Waals surface area (Å²) in [5.41, 5.74) is 0.0257. The van der Waals surface area contributed by atoms with Gasteiger partial charge in [0.25, 0.3) is 0 Å². The number of carbonyl (C=O) groups excluding carboxylic acids is 1. The molecular weight excluding hydrogens is 393 g/mol. The monoisotopic (exact) mass is 411 g/mol. The molecule has 0 aromatic heterocycles. The summed E-state index contributed by atoms with van der Waals surface area (Å²) in [7, 11) is -3.53. The molecule has 6 nitrogen and oxygen atoms in total. The van der Waals surface area contributed by atoms with Gasteiger partial charge in [0.2, 0.25) is 15.9 Å². The zero-order chi connectivity index (χ0) is 19.4. The maximum atomic E-state index is 13.7. The van der Waals surface area contributed by atoms with Crippen molar-refractivity contribution in [1.29, 1.82) is 0 Å². The molecule has 0 bridgehead atoms. The summed E-state index contributed by atoms with van der Waals surface area (Å²) in [5.74, 6) is -0.943. The molecule has 1 amide bonds. The van der Waals surface area contributed by atoms with Crippen molar-refractivity contribution in [3.63, 3.8) is 0 Å². The number of hydrogen-bond acceptors (Lipinski definition) is 4. The SMILES string of the molecule is O=C(CN1CCN(S(=O)(=O)c2ccccc2)CC1)Nc1cc(Cl)ccc1F. The largest absolute Gasteiger partial charge is 0.322 e. The van der Waals surface area contributed by atoms with Crippen molar-refractivity contribution in [2.24, 2.45) is 0 Å². The van der Waals surface area contributed by atoms with Gasteiger partial charge >= 0.3 is 0 Å². The summed E-state index contributed by atoms with van der Waals surface area (Å²) >= 11 is 5.81. The van der Waals surface area contributed by atoms with Crippen molar-refractivity contribution in [3.05, 3.63) is 59.4 Å².